The van der Waals surface area contributed by atoms with Crippen molar-refractivity contribution >= 4 is 11.9 Å². The van der Waals surface area contributed by atoms with Crippen LogP contribution in [-0.4, -0.2) is 30.1 Å². The predicted molar refractivity (Wildman–Crippen MR) is 109 cm³/mol. The molecular formula is C22H36N2O3. The Kier molecular flexibility index (Phi) is 9.50. The summed E-state index contributed by atoms with van der Waals surface area (Å²) in [6.45, 7) is 10.5. The molecule has 1 aromatic carbocycles. The third-order valence-electron chi connectivity index (χ3n) is 4.01. The SMILES string of the molecule is CC(C)Cc1ccc(CC(=O)NCCCC[C@H](N)C(=O)OC(C)(C)C)cc1. The number of unbranched alkanes of at least 4 members (excludes halogenated alkanes) is 1. The van der Waals surface area contributed by atoms with E-state index in [-0.39, 0.29) is 11.9 Å². The smallest absolute Gasteiger partial charge is 0.323 e. The third-order valence-corrected chi connectivity index (χ3v) is 4.01. The van der Waals surface area contributed by atoms with Crippen LogP contribution in [0.25, 0.3) is 0 Å². The third kappa shape index (κ3) is 10.8. The minimum absolute atomic E-state index is 0.0167. The van der Waals surface area contributed by atoms with Gasteiger partial charge in [-0.3, -0.25) is 9.59 Å². The number of carbonyl (C=O) groups excluding carboxylic acids is 2. The largest absolute Gasteiger partial charge is 0.459 e. The van der Waals surface area contributed by atoms with Gasteiger partial charge in [0.1, 0.15) is 11.6 Å². The van der Waals surface area contributed by atoms with Crippen LogP contribution in [0.15, 0.2) is 24.3 Å². The van der Waals surface area contributed by atoms with Crippen molar-refractivity contribution in [2.75, 3.05) is 6.54 Å². The molecule has 5 heteroatoms. The van der Waals surface area contributed by atoms with Crippen LogP contribution in [0, 0.1) is 5.92 Å². The molecule has 0 saturated heterocycles. The average molecular weight is 377 g/mol. The van der Waals surface area contributed by atoms with E-state index >= 15 is 0 Å². The minimum atomic E-state index is -0.607. The molecule has 0 bridgehead atoms. The zero-order chi connectivity index (χ0) is 20.4. The van der Waals surface area contributed by atoms with Gasteiger partial charge in [0.05, 0.1) is 6.42 Å². The van der Waals surface area contributed by atoms with Crippen LogP contribution in [0.4, 0.5) is 0 Å². The van der Waals surface area contributed by atoms with E-state index in [1.54, 1.807) is 0 Å². The molecule has 152 valence electrons. The molecule has 3 N–H and O–H groups in total. The lowest BCUT2D eigenvalue weighted by Gasteiger charge is -2.22. The summed E-state index contributed by atoms with van der Waals surface area (Å²) < 4.78 is 5.26. The van der Waals surface area contributed by atoms with E-state index in [2.05, 4.69) is 31.3 Å². The van der Waals surface area contributed by atoms with Gasteiger partial charge in [0, 0.05) is 6.54 Å². The lowest BCUT2D eigenvalue weighted by molar-refractivity contribution is -0.156. The molecule has 0 radical (unpaired) electrons. The Morgan fingerprint density at radius 3 is 2.22 bits per heavy atom. The van der Waals surface area contributed by atoms with Gasteiger partial charge in [-0.25, -0.2) is 0 Å². The van der Waals surface area contributed by atoms with E-state index in [1.807, 2.05) is 32.9 Å². The standard InChI is InChI=1S/C22H36N2O3/c1-16(2)14-17-9-11-18(12-10-17)15-20(25)24-13-7-6-8-19(23)21(26)27-22(3,4)5/h9-12,16,19H,6-8,13-15,23H2,1-5H3,(H,24,25)/t19-/m0/s1. The van der Waals surface area contributed by atoms with Crippen LogP contribution >= 0.6 is 0 Å². The number of hydrogen-bond donors (Lipinski definition) is 2. The molecule has 1 atom stereocenters. The molecule has 5 nitrogen and oxygen atoms in total. The zero-order valence-electron chi connectivity index (χ0n) is 17.5. The van der Waals surface area contributed by atoms with Crippen molar-refractivity contribution in [3.8, 4) is 0 Å². The Bertz CT molecular complexity index is 589. The molecule has 0 aromatic heterocycles. The Hall–Kier alpha value is -1.88. The lowest BCUT2D eigenvalue weighted by Crippen LogP contribution is -2.37. The summed E-state index contributed by atoms with van der Waals surface area (Å²) >= 11 is 0. The van der Waals surface area contributed by atoms with Gasteiger partial charge in [-0.2, -0.15) is 0 Å². The molecule has 0 unspecified atom stereocenters. The highest BCUT2D eigenvalue weighted by atomic mass is 16.6. The van der Waals surface area contributed by atoms with Gasteiger partial charge >= 0.3 is 5.97 Å². The highest BCUT2D eigenvalue weighted by molar-refractivity contribution is 5.78. The molecule has 1 aromatic rings. The monoisotopic (exact) mass is 376 g/mol. The molecule has 27 heavy (non-hydrogen) atoms. The van der Waals surface area contributed by atoms with Gasteiger partial charge < -0.3 is 15.8 Å². The van der Waals surface area contributed by atoms with E-state index in [1.165, 1.54) is 5.56 Å². The highest BCUT2D eigenvalue weighted by Gasteiger charge is 2.21. The normalized spacial score (nSPS) is 12.7. The maximum atomic E-state index is 12.0. The predicted octanol–water partition coefficient (Wildman–Crippen LogP) is 3.38. The van der Waals surface area contributed by atoms with Gasteiger partial charge in [-0.15, -0.1) is 0 Å². The van der Waals surface area contributed by atoms with E-state index < -0.39 is 11.6 Å². The van der Waals surface area contributed by atoms with Gasteiger partial charge in [-0.05, 0) is 63.5 Å². The van der Waals surface area contributed by atoms with Gasteiger partial charge in [0.25, 0.3) is 0 Å². The molecule has 1 amide bonds. The summed E-state index contributed by atoms with van der Waals surface area (Å²) in [5.41, 5.74) is 7.65. The first-order valence-corrected chi connectivity index (χ1v) is 9.90. The van der Waals surface area contributed by atoms with Crippen molar-refractivity contribution < 1.29 is 14.3 Å². The van der Waals surface area contributed by atoms with E-state index in [0.717, 1.165) is 24.8 Å². The Balaban J connectivity index is 2.21. The molecule has 0 heterocycles. The Morgan fingerprint density at radius 1 is 1.07 bits per heavy atom. The van der Waals surface area contributed by atoms with Crippen molar-refractivity contribution in [1.82, 2.24) is 5.32 Å². The zero-order valence-corrected chi connectivity index (χ0v) is 17.5. The van der Waals surface area contributed by atoms with E-state index in [0.29, 0.717) is 25.3 Å². The van der Waals surface area contributed by atoms with Crippen molar-refractivity contribution in [1.29, 1.82) is 0 Å². The quantitative estimate of drug-likeness (QED) is 0.484. The molecule has 0 fully saturated rings. The maximum Gasteiger partial charge on any atom is 0.323 e. The number of carbonyl (C=O) groups is 2. The van der Waals surface area contributed by atoms with Crippen LogP contribution in [0.1, 0.15) is 65.0 Å². The summed E-state index contributed by atoms with van der Waals surface area (Å²) in [5.74, 6) is 0.276. The van der Waals surface area contributed by atoms with Crippen LogP contribution in [0.3, 0.4) is 0 Å². The molecular weight excluding hydrogens is 340 g/mol. The number of nitrogens with two attached hydrogens (primary N) is 1. The van der Waals surface area contributed by atoms with Gasteiger partial charge in [-0.1, -0.05) is 38.1 Å². The second kappa shape index (κ2) is 11.1. The molecule has 0 saturated carbocycles. The summed E-state index contributed by atoms with van der Waals surface area (Å²) in [6.07, 6.45) is 3.56. The second-order valence-electron chi connectivity index (χ2n) is 8.58. The number of nitrogens with one attached hydrogen (secondary N) is 1. The summed E-state index contributed by atoms with van der Waals surface area (Å²) in [7, 11) is 0. The number of benzene rings is 1. The Labute approximate surface area is 164 Å². The maximum absolute atomic E-state index is 12.0. The van der Waals surface area contributed by atoms with Crippen molar-refractivity contribution in [2.45, 2.75) is 78.4 Å². The number of rotatable bonds is 10. The van der Waals surface area contributed by atoms with Crippen LogP contribution in [-0.2, 0) is 27.2 Å². The number of ether oxygens (including phenoxy) is 1. The summed E-state index contributed by atoms with van der Waals surface area (Å²) in [4.78, 5) is 23.8. The average Bonchev–Trinajstić information content (AvgIpc) is 2.54. The first-order chi connectivity index (χ1) is 12.6. The number of hydrogen-bond acceptors (Lipinski definition) is 4. The summed E-state index contributed by atoms with van der Waals surface area (Å²) in [5, 5.41) is 2.92. The fourth-order valence-electron chi connectivity index (χ4n) is 2.72. The fourth-order valence-corrected chi connectivity index (χ4v) is 2.72. The van der Waals surface area contributed by atoms with Crippen LogP contribution < -0.4 is 11.1 Å². The molecule has 0 aliphatic heterocycles. The highest BCUT2D eigenvalue weighted by Crippen LogP contribution is 2.11. The van der Waals surface area contributed by atoms with Crippen molar-refractivity contribution in [3.63, 3.8) is 0 Å². The molecule has 0 aliphatic rings. The summed E-state index contributed by atoms with van der Waals surface area (Å²) in [6, 6.07) is 7.64. The number of amides is 1. The van der Waals surface area contributed by atoms with Gasteiger partial charge in [0.2, 0.25) is 5.91 Å². The van der Waals surface area contributed by atoms with Crippen molar-refractivity contribution in [2.24, 2.45) is 11.7 Å². The van der Waals surface area contributed by atoms with Crippen LogP contribution in [0.2, 0.25) is 0 Å². The topological polar surface area (TPSA) is 81.4 Å². The van der Waals surface area contributed by atoms with Crippen LogP contribution in [0.5, 0.6) is 0 Å². The molecule has 0 aliphatic carbocycles. The van der Waals surface area contributed by atoms with E-state index in [9.17, 15) is 9.59 Å². The Morgan fingerprint density at radius 2 is 1.67 bits per heavy atom. The fraction of sp³-hybridized carbons (Fsp3) is 0.636. The van der Waals surface area contributed by atoms with E-state index in [4.69, 9.17) is 10.5 Å². The minimum Gasteiger partial charge on any atom is -0.459 e. The molecule has 1 rings (SSSR count). The second-order valence-corrected chi connectivity index (χ2v) is 8.58. The lowest BCUT2D eigenvalue weighted by atomic mass is 10.0. The van der Waals surface area contributed by atoms with Gasteiger partial charge in [0.15, 0.2) is 0 Å². The van der Waals surface area contributed by atoms with Crippen molar-refractivity contribution in [3.05, 3.63) is 35.4 Å². The number of esters is 1. The first kappa shape index (κ1) is 23.2. The molecule has 0 spiro atoms. The first-order valence-electron chi connectivity index (χ1n) is 9.90.